The van der Waals surface area contributed by atoms with Gasteiger partial charge in [0, 0.05) is 26.2 Å². The highest BCUT2D eigenvalue weighted by Crippen LogP contribution is 2.23. The molecule has 10 heteroatoms. The average molecular weight is 462 g/mol. The summed E-state index contributed by atoms with van der Waals surface area (Å²) in [6.45, 7) is 3.41. The van der Waals surface area contributed by atoms with E-state index in [-0.39, 0.29) is 17.8 Å². The first-order valence-electron chi connectivity index (χ1n) is 8.66. The van der Waals surface area contributed by atoms with Crippen LogP contribution in [0.25, 0.3) is 0 Å². The second-order valence-electron chi connectivity index (χ2n) is 6.26. The summed E-state index contributed by atoms with van der Waals surface area (Å²) in [6, 6.07) is 9.04. The predicted molar refractivity (Wildman–Crippen MR) is 112 cm³/mol. The Morgan fingerprint density at radius 3 is 2.82 bits per heavy atom. The van der Waals surface area contributed by atoms with Crippen molar-refractivity contribution in [3.05, 3.63) is 51.1 Å². The first-order valence-corrected chi connectivity index (χ1v) is 10.8. The second kappa shape index (κ2) is 10.6. The number of hydrogen-bond acceptors (Lipinski definition) is 6. The Labute approximate surface area is 182 Å². The van der Waals surface area contributed by atoms with Gasteiger partial charge in [0.25, 0.3) is 0 Å². The van der Waals surface area contributed by atoms with Crippen LogP contribution in [0.3, 0.4) is 0 Å². The fraction of sp³-hybridized carbons (Fsp3) is 0.389. The number of carbonyl (C=O) groups is 1. The van der Waals surface area contributed by atoms with Crippen molar-refractivity contribution in [2.24, 2.45) is 0 Å². The molecule has 1 N–H and O–H groups in total. The third-order valence-electron chi connectivity index (χ3n) is 4.10. The van der Waals surface area contributed by atoms with Crippen LogP contribution in [0.1, 0.15) is 5.56 Å². The SMILES string of the molecule is O=C(CSc1ccc(Cl)nn1)NC[C@H]1CN(Cc2ccc(Cl)c(Cl)c2)CCO1. The zero-order chi connectivity index (χ0) is 19.9. The number of rotatable bonds is 7. The number of ether oxygens (including phenoxy) is 1. The Balaban J connectivity index is 1.41. The van der Waals surface area contributed by atoms with Crippen LogP contribution in [0, 0.1) is 0 Å². The molecule has 1 aliphatic rings. The molecule has 0 spiro atoms. The molecule has 3 rings (SSSR count). The smallest absolute Gasteiger partial charge is 0.230 e. The molecule has 0 radical (unpaired) electrons. The molecule has 0 unspecified atom stereocenters. The number of carbonyl (C=O) groups excluding carboxylic acids is 1. The lowest BCUT2D eigenvalue weighted by molar-refractivity contribution is -0.119. The number of aromatic nitrogens is 2. The number of halogens is 3. The summed E-state index contributed by atoms with van der Waals surface area (Å²) >= 11 is 19.1. The van der Waals surface area contributed by atoms with E-state index in [0.717, 1.165) is 25.2 Å². The summed E-state index contributed by atoms with van der Waals surface area (Å²) in [6.07, 6.45) is -0.0548. The summed E-state index contributed by atoms with van der Waals surface area (Å²) < 4.78 is 5.77. The highest BCUT2D eigenvalue weighted by Gasteiger charge is 2.21. The summed E-state index contributed by atoms with van der Waals surface area (Å²) in [7, 11) is 0. The molecular weight excluding hydrogens is 443 g/mol. The highest BCUT2D eigenvalue weighted by molar-refractivity contribution is 7.99. The van der Waals surface area contributed by atoms with E-state index < -0.39 is 0 Å². The maximum absolute atomic E-state index is 12.1. The van der Waals surface area contributed by atoms with Crippen molar-refractivity contribution in [3.63, 3.8) is 0 Å². The predicted octanol–water partition coefficient (Wildman–Crippen LogP) is 3.55. The minimum Gasteiger partial charge on any atom is -0.374 e. The fourth-order valence-corrected chi connectivity index (χ4v) is 3.81. The Hall–Kier alpha value is -1.09. The van der Waals surface area contributed by atoms with E-state index in [2.05, 4.69) is 20.4 Å². The molecule has 1 atom stereocenters. The molecule has 1 fully saturated rings. The van der Waals surface area contributed by atoms with Crippen molar-refractivity contribution in [3.8, 4) is 0 Å². The van der Waals surface area contributed by atoms with Crippen LogP contribution >= 0.6 is 46.6 Å². The number of benzene rings is 1. The van der Waals surface area contributed by atoms with Gasteiger partial charge >= 0.3 is 0 Å². The van der Waals surface area contributed by atoms with E-state index in [1.54, 1.807) is 18.2 Å². The Bertz CT molecular complexity index is 810. The summed E-state index contributed by atoms with van der Waals surface area (Å²) in [5.41, 5.74) is 1.10. The normalized spacial score (nSPS) is 17.5. The van der Waals surface area contributed by atoms with Gasteiger partial charge in [0.05, 0.1) is 28.5 Å². The van der Waals surface area contributed by atoms with Crippen molar-refractivity contribution >= 4 is 52.5 Å². The summed E-state index contributed by atoms with van der Waals surface area (Å²) in [5, 5.41) is 12.7. The number of nitrogens with zero attached hydrogens (tertiary/aromatic N) is 3. The first kappa shape index (κ1) is 21.6. The van der Waals surface area contributed by atoms with Gasteiger partial charge < -0.3 is 10.1 Å². The zero-order valence-corrected chi connectivity index (χ0v) is 18.0. The van der Waals surface area contributed by atoms with Crippen molar-refractivity contribution in [2.45, 2.75) is 17.7 Å². The number of nitrogens with one attached hydrogen (secondary N) is 1. The fourth-order valence-electron chi connectivity index (χ4n) is 2.74. The van der Waals surface area contributed by atoms with Crippen molar-refractivity contribution in [2.75, 3.05) is 32.0 Å². The molecule has 1 aromatic heterocycles. The molecule has 1 saturated heterocycles. The van der Waals surface area contributed by atoms with Crippen molar-refractivity contribution in [1.82, 2.24) is 20.4 Å². The molecule has 1 amide bonds. The molecule has 2 heterocycles. The molecule has 0 bridgehead atoms. The van der Waals surface area contributed by atoms with Crippen molar-refractivity contribution in [1.29, 1.82) is 0 Å². The Kier molecular flexibility index (Phi) is 8.20. The number of amides is 1. The van der Waals surface area contributed by atoms with Gasteiger partial charge in [-0.2, -0.15) is 0 Å². The van der Waals surface area contributed by atoms with Crippen LogP contribution in [-0.4, -0.2) is 59.1 Å². The Morgan fingerprint density at radius 2 is 2.07 bits per heavy atom. The van der Waals surface area contributed by atoms with Gasteiger partial charge in [-0.05, 0) is 29.8 Å². The van der Waals surface area contributed by atoms with E-state index >= 15 is 0 Å². The lowest BCUT2D eigenvalue weighted by atomic mass is 10.2. The Morgan fingerprint density at radius 1 is 1.21 bits per heavy atom. The summed E-state index contributed by atoms with van der Waals surface area (Å²) in [4.78, 5) is 14.3. The summed E-state index contributed by atoms with van der Waals surface area (Å²) in [5.74, 6) is 0.183. The largest absolute Gasteiger partial charge is 0.374 e. The maximum atomic E-state index is 12.1. The van der Waals surface area contributed by atoms with Gasteiger partial charge in [-0.15, -0.1) is 10.2 Å². The highest BCUT2D eigenvalue weighted by atomic mass is 35.5. The van der Waals surface area contributed by atoms with Crippen LogP contribution in [0.5, 0.6) is 0 Å². The molecular formula is C18H19Cl3N4O2S. The molecule has 28 heavy (non-hydrogen) atoms. The number of hydrogen-bond donors (Lipinski definition) is 1. The quantitative estimate of drug-likeness (QED) is 0.636. The van der Waals surface area contributed by atoms with Crippen LogP contribution in [0.4, 0.5) is 0 Å². The van der Waals surface area contributed by atoms with Crippen molar-refractivity contribution < 1.29 is 9.53 Å². The average Bonchev–Trinajstić information content (AvgIpc) is 2.69. The van der Waals surface area contributed by atoms with Crippen LogP contribution in [-0.2, 0) is 16.1 Å². The van der Waals surface area contributed by atoms with E-state index in [1.807, 2.05) is 12.1 Å². The third kappa shape index (κ3) is 6.76. The van der Waals surface area contributed by atoms with Gasteiger partial charge in [0.15, 0.2) is 5.15 Å². The van der Waals surface area contributed by atoms with Crippen LogP contribution in [0.2, 0.25) is 15.2 Å². The van der Waals surface area contributed by atoms with Gasteiger partial charge in [0.2, 0.25) is 5.91 Å². The molecule has 0 aliphatic carbocycles. The molecule has 2 aromatic rings. The molecule has 0 saturated carbocycles. The second-order valence-corrected chi connectivity index (χ2v) is 8.46. The molecule has 150 valence electrons. The first-order chi connectivity index (χ1) is 13.5. The van der Waals surface area contributed by atoms with Crippen LogP contribution in [0.15, 0.2) is 35.4 Å². The van der Waals surface area contributed by atoms with E-state index in [9.17, 15) is 4.79 Å². The lowest BCUT2D eigenvalue weighted by Gasteiger charge is -2.33. The monoisotopic (exact) mass is 460 g/mol. The standard InChI is InChI=1S/C18H19Cl3N4O2S/c19-14-2-1-12(7-15(14)20)9-25-5-6-27-13(10-25)8-22-17(26)11-28-18-4-3-16(21)23-24-18/h1-4,7,13H,5-6,8-11H2,(H,22,26)/t13-/m0/s1. The molecule has 6 nitrogen and oxygen atoms in total. The van der Waals surface area contributed by atoms with Gasteiger partial charge in [-0.3, -0.25) is 9.69 Å². The third-order valence-corrected chi connectivity index (χ3v) is 5.96. The molecule has 1 aliphatic heterocycles. The number of morpholine rings is 1. The topological polar surface area (TPSA) is 67.4 Å². The van der Waals surface area contributed by atoms with Gasteiger partial charge in [-0.1, -0.05) is 52.6 Å². The van der Waals surface area contributed by atoms with Gasteiger partial charge in [-0.25, -0.2) is 0 Å². The minimum atomic E-state index is -0.0769. The lowest BCUT2D eigenvalue weighted by Crippen LogP contribution is -2.47. The maximum Gasteiger partial charge on any atom is 0.230 e. The minimum absolute atomic E-state index is 0.0548. The van der Waals surface area contributed by atoms with Gasteiger partial charge in [0.1, 0.15) is 5.03 Å². The van der Waals surface area contributed by atoms with E-state index in [4.69, 9.17) is 39.5 Å². The van der Waals surface area contributed by atoms with E-state index in [0.29, 0.717) is 33.4 Å². The zero-order valence-electron chi connectivity index (χ0n) is 14.9. The van der Waals surface area contributed by atoms with E-state index in [1.165, 1.54) is 11.8 Å². The number of thioether (sulfide) groups is 1. The van der Waals surface area contributed by atoms with Crippen LogP contribution < -0.4 is 5.32 Å². The molecule has 1 aromatic carbocycles.